The lowest BCUT2D eigenvalue weighted by molar-refractivity contribution is 0.0275. The molecule has 0 aliphatic carbocycles. The molecule has 0 aliphatic rings. The molecule has 0 nitrogen and oxygen atoms in total. The van der Waals surface area contributed by atoms with Crippen LogP contribution in [0.5, 0.6) is 0 Å². The van der Waals surface area contributed by atoms with Gasteiger partial charge in [-0.1, -0.05) is 87.5 Å². The summed E-state index contributed by atoms with van der Waals surface area (Å²) in [6, 6.07) is 0. The quantitative estimate of drug-likeness (QED) is 0.430. The van der Waals surface area contributed by atoms with Crippen LogP contribution in [0, 0.1) is 22.7 Å². The summed E-state index contributed by atoms with van der Waals surface area (Å²) in [5.74, 6) is 1.76. The summed E-state index contributed by atoms with van der Waals surface area (Å²) in [7, 11) is 0. The van der Waals surface area contributed by atoms with E-state index in [1.54, 1.807) is 0 Å². The van der Waals surface area contributed by atoms with Gasteiger partial charge >= 0.3 is 0 Å². The van der Waals surface area contributed by atoms with Crippen LogP contribution in [0.3, 0.4) is 0 Å². The molecule has 0 aromatic carbocycles. The van der Waals surface area contributed by atoms with Crippen LogP contribution in [0.15, 0.2) is 0 Å². The van der Waals surface area contributed by atoms with E-state index in [-0.39, 0.29) is 0 Å². The molecule has 0 aromatic heterocycles. The lowest BCUT2D eigenvalue weighted by Crippen LogP contribution is -2.38. The smallest absolute Gasteiger partial charge is 0.0298 e. The predicted molar refractivity (Wildman–Crippen MR) is 84.9 cm³/mol. The first-order valence-corrected chi connectivity index (χ1v) is 8.31. The molecule has 1 atom stereocenters. The van der Waals surface area contributed by atoms with Gasteiger partial charge in [-0.25, -0.2) is 0 Å². The fraction of sp³-hybridized carbons (Fsp3) is 1.00. The molecule has 0 heterocycles. The van der Waals surface area contributed by atoms with Crippen LogP contribution in [-0.2, 0) is 0 Å². The van der Waals surface area contributed by atoms with Crippen molar-refractivity contribution < 1.29 is 0 Å². The number of rotatable bonds is 9. The number of hydrogen-bond acceptors (Lipinski definition) is 0. The predicted octanol–water partition coefficient (Wildman–Crippen LogP) is 6.69. The Bertz CT molecular complexity index is 206. The summed E-state index contributed by atoms with van der Waals surface area (Å²) in [5.41, 5.74) is 0.997. The molecule has 18 heavy (non-hydrogen) atoms. The summed E-state index contributed by atoms with van der Waals surface area (Å²) in [4.78, 5) is 0. The Hall–Kier alpha value is 0. The molecule has 0 rings (SSSR count). The van der Waals surface area contributed by atoms with Crippen molar-refractivity contribution in [3.8, 4) is 0 Å². The molecule has 0 bridgehead atoms. The minimum Gasteiger partial charge on any atom is -0.0651 e. The summed E-state index contributed by atoms with van der Waals surface area (Å²) < 4.78 is 0. The highest BCUT2D eigenvalue weighted by Crippen LogP contribution is 2.49. The molecule has 0 heteroatoms. The van der Waals surface area contributed by atoms with Crippen molar-refractivity contribution in [1.29, 1.82) is 0 Å². The van der Waals surface area contributed by atoms with E-state index in [0.717, 1.165) is 11.8 Å². The Morgan fingerprint density at radius 2 is 1.17 bits per heavy atom. The highest BCUT2D eigenvalue weighted by atomic mass is 14.5. The molecule has 110 valence electrons. The molecular weight excluding hydrogens is 216 g/mol. The van der Waals surface area contributed by atoms with Gasteiger partial charge in [0.25, 0.3) is 0 Å². The maximum atomic E-state index is 2.52. The Balaban J connectivity index is 5.01. The van der Waals surface area contributed by atoms with Crippen LogP contribution in [0.4, 0.5) is 0 Å². The third kappa shape index (κ3) is 4.28. The van der Waals surface area contributed by atoms with Gasteiger partial charge in [0.1, 0.15) is 0 Å². The van der Waals surface area contributed by atoms with E-state index < -0.39 is 0 Å². The van der Waals surface area contributed by atoms with Crippen molar-refractivity contribution in [1.82, 2.24) is 0 Å². The summed E-state index contributed by atoms with van der Waals surface area (Å²) >= 11 is 0. The third-order valence-electron chi connectivity index (χ3n) is 5.78. The van der Waals surface area contributed by atoms with E-state index in [9.17, 15) is 0 Å². The molecule has 0 N–H and O–H groups in total. The Kier molecular flexibility index (Phi) is 7.56. The lowest BCUT2D eigenvalue weighted by atomic mass is 9.58. The first-order valence-electron chi connectivity index (χ1n) is 8.31. The average molecular weight is 255 g/mol. The van der Waals surface area contributed by atoms with Crippen molar-refractivity contribution in [3.05, 3.63) is 0 Å². The molecule has 0 aliphatic heterocycles. The maximum Gasteiger partial charge on any atom is -0.0298 e. The fourth-order valence-electron chi connectivity index (χ4n) is 4.20. The Morgan fingerprint density at radius 3 is 1.44 bits per heavy atom. The van der Waals surface area contributed by atoms with Gasteiger partial charge in [0.05, 0.1) is 0 Å². The van der Waals surface area contributed by atoms with Gasteiger partial charge in [0, 0.05) is 0 Å². The van der Waals surface area contributed by atoms with Crippen LogP contribution >= 0.6 is 0 Å². The standard InChI is InChI=1S/C18H38/c1-9-15(10-2)14-17(6,7)16(11-3)18(8,12-4)13-5/h15-16H,9-14H2,1-8H3. The van der Waals surface area contributed by atoms with Gasteiger partial charge in [-0.2, -0.15) is 0 Å². The van der Waals surface area contributed by atoms with Gasteiger partial charge in [-0.05, 0) is 29.1 Å². The second kappa shape index (κ2) is 7.56. The van der Waals surface area contributed by atoms with E-state index in [1.165, 1.54) is 38.5 Å². The normalized spacial score (nSPS) is 15.2. The van der Waals surface area contributed by atoms with Crippen LogP contribution in [-0.4, -0.2) is 0 Å². The largest absolute Gasteiger partial charge is 0.0651 e. The van der Waals surface area contributed by atoms with Crippen molar-refractivity contribution >= 4 is 0 Å². The summed E-state index contributed by atoms with van der Waals surface area (Å²) in [6.45, 7) is 19.4. The molecule has 0 fully saturated rings. The Morgan fingerprint density at radius 1 is 0.722 bits per heavy atom. The molecule has 0 radical (unpaired) electrons. The van der Waals surface area contributed by atoms with Gasteiger partial charge in [-0.3, -0.25) is 0 Å². The van der Waals surface area contributed by atoms with Gasteiger partial charge in [-0.15, -0.1) is 0 Å². The third-order valence-corrected chi connectivity index (χ3v) is 5.78. The zero-order chi connectivity index (χ0) is 14.4. The second-order valence-electron chi connectivity index (χ2n) is 7.20. The van der Waals surface area contributed by atoms with Crippen molar-refractivity contribution in [2.75, 3.05) is 0 Å². The monoisotopic (exact) mass is 254 g/mol. The van der Waals surface area contributed by atoms with Gasteiger partial charge in [0.15, 0.2) is 0 Å². The molecule has 0 amide bonds. The van der Waals surface area contributed by atoms with E-state index in [1.807, 2.05) is 0 Å². The summed E-state index contributed by atoms with van der Waals surface area (Å²) in [6.07, 6.45) is 8.03. The van der Waals surface area contributed by atoms with E-state index in [2.05, 4.69) is 55.4 Å². The molecular formula is C18H38. The van der Waals surface area contributed by atoms with Crippen molar-refractivity contribution in [2.45, 2.75) is 93.9 Å². The molecule has 1 unspecified atom stereocenters. The van der Waals surface area contributed by atoms with Crippen LogP contribution in [0.25, 0.3) is 0 Å². The minimum absolute atomic E-state index is 0.478. The highest BCUT2D eigenvalue weighted by Gasteiger charge is 2.40. The van der Waals surface area contributed by atoms with Gasteiger partial charge in [0.2, 0.25) is 0 Å². The van der Waals surface area contributed by atoms with Crippen LogP contribution < -0.4 is 0 Å². The maximum absolute atomic E-state index is 2.52. The van der Waals surface area contributed by atoms with Crippen LogP contribution in [0.2, 0.25) is 0 Å². The zero-order valence-corrected chi connectivity index (χ0v) is 14.4. The first kappa shape index (κ1) is 18.0. The zero-order valence-electron chi connectivity index (χ0n) is 14.4. The van der Waals surface area contributed by atoms with Crippen molar-refractivity contribution in [2.24, 2.45) is 22.7 Å². The second-order valence-corrected chi connectivity index (χ2v) is 7.20. The number of hydrogen-bond donors (Lipinski definition) is 0. The highest BCUT2D eigenvalue weighted by molar-refractivity contribution is 4.90. The molecule has 0 saturated carbocycles. The lowest BCUT2D eigenvalue weighted by Gasteiger charge is -2.47. The molecule has 0 aromatic rings. The van der Waals surface area contributed by atoms with Crippen molar-refractivity contribution in [3.63, 3.8) is 0 Å². The fourth-order valence-corrected chi connectivity index (χ4v) is 4.20. The van der Waals surface area contributed by atoms with E-state index in [4.69, 9.17) is 0 Å². The molecule has 0 spiro atoms. The minimum atomic E-state index is 0.478. The topological polar surface area (TPSA) is 0 Å². The van der Waals surface area contributed by atoms with Gasteiger partial charge < -0.3 is 0 Å². The molecule has 0 saturated heterocycles. The summed E-state index contributed by atoms with van der Waals surface area (Å²) in [5, 5.41) is 0. The van der Waals surface area contributed by atoms with E-state index >= 15 is 0 Å². The van der Waals surface area contributed by atoms with Crippen LogP contribution in [0.1, 0.15) is 93.9 Å². The first-order chi connectivity index (χ1) is 8.31. The SMILES string of the molecule is CCC(CC)CC(C)(C)C(CC)C(C)(CC)CC. The Labute approximate surface area is 117 Å². The average Bonchev–Trinajstić information content (AvgIpc) is 2.35. The van der Waals surface area contributed by atoms with E-state index in [0.29, 0.717) is 10.8 Å².